The first-order chi connectivity index (χ1) is 15.4. The maximum Gasteiger partial charge on any atom is 0.318 e. The van der Waals surface area contributed by atoms with E-state index < -0.39 is 0 Å². The third kappa shape index (κ3) is 6.76. The molecule has 0 radical (unpaired) electrons. The van der Waals surface area contributed by atoms with Crippen molar-refractivity contribution < 1.29 is 9.59 Å². The number of nitrogens with two attached hydrogens (primary N) is 1. The molecule has 3 aromatic heterocycles. The standard InChI is InChI=1S/C22H27N7O2S/c1-28(2)9-10-29(22(31)26-11-16-5-7-24-8-6-16)13-17-3-4-19(25-12-17)21(30)27-20-15-32-14-18(20)23/h3-8,12,14-15H,9-11,13,23H2,1-2H3,(H,26,31)(H,27,30). The van der Waals surface area contributed by atoms with Gasteiger partial charge in [0.05, 0.1) is 11.4 Å². The molecule has 0 saturated carbocycles. The molecule has 0 fully saturated rings. The van der Waals surface area contributed by atoms with E-state index in [0.717, 1.165) is 17.7 Å². The van der Waals surface area contributed by atoms with E-state index in [1.54, 1.807) is 46.4 Å². The van der Waals surface area contributed by atoms with E-state index in [0.29, 0.717) is 31.0 Å². The molecule has 0 bridgehead atoms. The number of aromatic nitrogens is 2. The number of likely N-dealkylation sites (N-methyl/N-ethyl adjacent to an activating group) is 1. The highest BCUT2D eigenvalue weighted by Gasteiger charge is 2.15. The zero-order valence-corrected chi connectivity index (χ0v) is 18.9. The first-order valence-corrected chi connectivity index (χ1v) is 11.0. The maximum atomic E-state index is 12.8. The van der Waals surface area contributed by atoms with Gasteiger partial charge in [-0.1, -0.05) is 6.07 Å². The molecule has 0 aliphatic carbocycles. The Bertz CT molecular complexity index is 1020. The van der Waals surface area contributed by atoms with Crippen LogP contribution in [0.5, 0.6) is 0 Å². The minimum absolute atomic E-state index is 0.168. The summed E-state index contributed by atoms with van der Waals surface area (Å²) in [5.41, 5.74) is 8.99. The van der Waals surface area contributed by atoms with Crippen LogP contribution in [-0.4, -0.2) is 58.9 Å². The summed E-state index contributed by atoms with van der Waals surface area (Å²) in [5, 5.41) is 9.23. The first kappa shape index (κ1) is 23.2. The molecular weight excluding hydrogens is 426 g/mol. The minimum atomic E-state index is -0.332. The van der Waals surface area contributed by atoms with Gasteiger partial charge in [0.1, 0.15) is 5.69 Å². The Balaban J connectivity index is 1.62. The predicted molar refractivity (Wildman–Crippen MR) is 126 cm³/mol. The molecule has 0 atom stereocenters. The van der Waals surface area contributed by atoms with Gasteiger partial charge in [0.25, 0.3) is 5.91 Å². The number of hydrogen-bond acceptors (Lipinski definition) is 7. The number of hydrogen-bond donors (Lipinski definition) is 3. The fourth-order valence-electron chi connectivity index (χ4n) is 2.83. The van der Waals surface area contributed by atoms with Gasteiger partial charge in [-0.3, -0.25) is 14.8 Å². The average Bonchev–Trinajstić information content (AvgIpc) is 3.20. The summed E-state index contributed by atoms with van der Waals surface area (Å²) in [7, 11) is 3.92. The zero-order valence-electron chi connectivity index (χ0n) is 18.1. The van der Waals surface area contributed by atoms with Gasteiger partial charge in [-0.05, 0) is 43.4 Å². The van der Waals surface area contributed by atoms with E-state index in [-0.39, 0.29) is 17.6 Å². The number of thiophene rings is 1. The maximum absolute atomic E-state index is 12.8. The van der Waals surface area contributed by atoms with Gasteiger partial charge in [0.2, 0.25) is 0 Å². The Hall–Kier alpha value is -3.50. The van der Waals surface area contributed by atoms with E-state index >= 15 is 0 Å². The van der Waals surface area contributed by atoms with Crippen molar-refractivity contribution in [1.29, 1.82) is 0 Å². The lowest BCUT2D eigenvalue weighted by atomic mass is 10.2. The second kappa shape index (κ2) is 11.2. The lowest BCUT2D eigenvalue weighted by molar-refractivity contribution is 0.102. The number of nitrogens with one attached hydrogen (secondary N) is 2. The quantitative estimate of drug-likeness (QED) is 0.459. The monoisotopic (exact) mass is 453 g/mol. The number of nitrogen functional groups attached to an aromatic ring is 1. The van der Waals surface area contributed by atoms with Crippen molar-refractivity contribution in [3.05, 3.63) is 70.4 Å². The van der Waals surface area contributed by atoms with Gasteiger partial charge < -0.3 is 26.2 Å². The van der Waals surface area contributed by atoms with Crippen LogP contribution >= 0.6 is 11.3 Å². The number of urea groups is 1. The number of carbonyl (C=O) groups excluding carboxylic acids is 2. The first-order valence-electron chi connectivity index (χ1n) is 10.1. The Morgan fingerprint density at radius 2 is 1.84 bits per heavy atom. The second-order valence-corrected chi connectivity index (χ2v) is 8.23. The van der Waals surface area contributed by atoms with Crippen molar-refractivity contribution in [2.24, 2.45) is 0 Å². The summed E-state index contributed by atoms with van der Waals surface area (Å²) in [6.45, 7) is 2.07. The van der Waals surface area contributed by atoms with E-state index in [9.17, 15) is 9.59 Å². The van der Waals surface area contributed by atoms with Gasteiger partial charge in [-0.2, -0.15) is 0 Å². The molecule has 9 nitrogen and oxygen atoms in total. The van der Waals surface area contributed by atoms with Crippen molar-refractivity contribution in [2.45, 2.75) is 13.1 Å². The summed E-state index contributed by atoms with van der Waals surface area (Å²) in [6.07, 6.45) is 5.01. The average molecular weight is 454 g/mol. The Morgan fingerprint density at radius 1 is 1.06 bits per heavy atom. The number of amides is 3. The van der Waals surface area contributed by atoms with Crippen LogP contribution < -0.4 is 16.4 Å². The molecule has 168 valence electrons. The summed E-state index contributed by atoms with van der Waals surface area (Å²) in [4.78, 5) is 37.2. The fourth-order valence-corrected chi connectivity index (χ4v) is 3.50. The normalized spacial score (nSPS) is 10.7. The molecule has 0 aliphatic heterocycles. The van der Waals surface area contributed by atoms with Crippen molar-refractivity contribution >= 4 is 34.6 Å². The smallest absolute Gasteiger partial charge is 0.318 e. The molecule has 10 heteroatoms. The van der Waals surface area contributed by atoms with Crippen LogP contribution in [-0.2, 0) is 13.1 Å². The van der Waals surface area contributed by atoms with Crippen LogP contribution in [0.2, 0.25) is 0 Å². The highest BCUT2D eigenvalue weighted by atomic mass is 32.1. The van der Waals surface area contributed by atoms with Crippen LogP contribution in [0.3, 0.4) is 0 Å². The number of pyridine rings is 2. The molecular formula is C22H27N7O2S. The number of anilines is 2. The molecule has 32 heavy (non-hydrogen) atoms. The molecule has 0 spiro atoms. The van der Waals surface area contributed by atoms with E-state index in [1.165, 1.54) is 11.3 Å². The van der Waals surface area contributed by atoms with Crippen molar-refractivity contribution in [3.63, 3.8) is 0 Å². The molecule has 4 N–H and O–H groups in total. The summed E-state index contributed by atoms with van der Waals surface area (Å²) in [5.74, 6) is -0.332. The number of carbonyl (C=O) groups is 2. The zero-order chi connectivity index (χ0) is 22.9. The highest BCUT2D eigenvalue weighted by molar-refractivity contribution is 7.09. The highest BCUT2D eigenvalue weighted by Crippen LogP contribution is 2.23. The van der Waals surface area contributed by atoms with E-state index in [4.69, 9.17) is 5.73 Å². The lowest BCUT2D eigenvalue weighted by Gasteiger charge is -2.25. The number of rotatable bonds is 9. The Labute approximate surface area is 191 Å². The minimum Gasteiger partial charge on any atom is -0.396 e. The summed E-state index contributed by atoms with van der Waals surface area (Å²) in [6, 6.07) is 7.01. The van der Waals surface area contributed by atoms with Crippen molar-refractivity contribution in [3.8, 4) is 0 Å². The fraction of sp³-hybridized carbons (Fsp3) is 0.273. The van der Waals surface area contributed by atoms with E-state index in [1.807, 2.05) is 31.1 Å². The van der Waals surface area contributed by atoms with E-state index in [2.05, 4.69) is 20.6 Å². The largest absolute Gasteiger partial charge is 0.396 e. The summed E-state index contributed by atoms with van der Waals surface area (Å²) >= 11 is 1.41. The SMILES string of the molecule is CN(C)CCN(Cc1ccc(C(=O)Nc2cscc2N)nc1)C(=O)NCc1ccncc1. The Morgan fingerprint density at radius 3 is 2.47 bits per heavy atom. The third-order valence-corrected chi connectivity index (χ3v) is 5.43. The van der Waals surface area contributed by atoms with Gasteiger partial charge in [-0.25, -0.2) is 4.79 Å². The van der Waals surface area contributed by atoms with Crippen LogP contribution in [0.1, 0.15) is 21.6 Å². The second-order valence-electron chi connectivity index (χ2n) is 7.49. The lowest BCUT2D eigenvalue weighted by Crippen LogP contribution is -2.42. The molecule has 3 amide bonds. The van der Waals surface area contributed by atoms with Crippen LogP contribution in [0, 0.1) is 0 Å². The van der Waals surface area contributed by atoms with Gasteiger partial charge in [-0.15, -0.1) is 11.3 Å². The van der Waals surface area contributed by atoms with Crippen LogP contribution in [0.4, 0.5) is 16.2 Å². The van der Waals surface area contributed by atoms with Gasteiger partial charge in [0.15, 0.2) is 0 Å². The van der Waals surface area contributed by atoms with Gasteiger partial charge in [0, 0.05) is 55.5 Å². The number of nitrogens with zero attached hydrogens (tertiary/aromatic N) is 4. The molecule has 3 rings (SSSR count). The van der Waals surface area contributed by atoms with Gasteiger partial charge >= 0.3 is 6.03 Å². The molecule has 0 aliphatic rings. The molecule has 3 heterocycles. The van der Waals surface area contributed by atoms with Crippen LogP contribution in [0.15, 0.2) is 53.6 Å². The predicted octanol–water partition coefficient (Wildman–Crippen LogP) is 2.65. The molecule has 3 aromatic rings. The molecule has 0 unspecified atom stereocenters. The third-order valence-electron chi connectivity index (χ3n) is 4.67. The van der Waals surface area contributed by atoms with Crippen molar-refractivity contribution in [2.75, 3.05) is 38.2 Å². The van der Waals surface area contributed by atoms with Crippen molar-refractivity contribution in [1.82, 2.24) is 25.1 Å². The topological polar surface area (TPSA) is 116 Å². The molecule has 0 saturated heterocycles. The molecule has 0 aromatic carbocycles. The summed E-state index contributed by atoms with van der Waals surface area (Å²) < 4.78 is 0. The van der Waals surface area contributed by atoms with Crippen LogP contribution in [0.25, 0.3) is 0 Å². The Kier molecular flexibility index (Phi) is 8.12.